The average molecular weight is 234 g/mol. The maximum Gasteiger partial charge on any atom is 0.338 e. The molecule has 1 aliphatic heterocycles. The van der Waals surface area contributed by atoms with Crippen LogP contribution in [0, 0.1) is 11.8 Å². The van der Waals surface area contributed by atoms with Crippen molar-refractivity contribution in [1.29, 1.82) is 0 Å². The third-order valence-electron chi connectivity index (χ3n) is 3.78. The van der Waals surface area contributed by atoms with Crippen LogP contribution in [0.4, 0.5) is 0 Å². The summed E-state index contributed by atoms with van der Waals surface area (Å²) in [6, 6.07) is 0. The van der Waals surface area contributed by atoms with Crippen LogP contribution in [0.2, 0.25) is 0 Å². The highest BCUT2D eigenvalue weighted by molar-refractivity contribution is 5.93. The van der Waals surface area contributed by atoms with Gasteiger partial charge in [0.15, 0.2) is 11.4 Å². The Bertz CT molecular complexity index is 425. The molecule has 1 saturated heterocycles. The van der Waals surface area contributed by atoms with E-state index in [-0.39, 0.29) is 29.7 Å². The number of ether oxygens (including phenoxy) is 2. The number of fused-ring (bicyclic) bond motifs is 1. The maximum atomic E-state index is 11.5. The van der Waals surface area contributed by atoms with E-state index in [1.165, 1.54) is 6.08 Å². The number of hydrogen-bond acceptors (Lipinski definition) is 4. The van der Waals surface area contributed by atoms with Gasteiger partial charge in [-0.3, -0.25) is 4.79 Å². The van der Waals surface area contributed by atoms with E-state index in [9.17, 15) is 9.59 Å². The topological polar surface area (TPSA) is 52.6 Å². The summed E-state index contributed by atoms with van der Waals surface area (Å²) in [7, 11) is 0. The van der Waals surface area contributed by atoms with Gasteiger partial charge in [0.25, 0.3) is 0 Å². The van der Waals surface area contributed by atoms with E-state index >= 15 is 0 Å². The zero-order valence-electron chi connectivity index (χ0n) is 9.43. The standard InChI is InChI=1S/C13H14O4/c1-2-11(14)8-3-4-10(5-8)17-13-6-9(13)7-16-12(13)15/h2-4,8-10H,1,5-7H2. The maximum absolute atomic E-state index is 11.5. The second kappa shape index (κ2) is 3.53. The first-order valence-electron chi connectivity index (χ1n) is 5.85. The molecular formula is C13H14O4. The summed E-state index contributed by atoms with van der Waals surface area (Å²) < 4.78 is 10.8. The van der Waals surface area contributed by atoms with Crippen LogP contribution in [0.25, 0.3) is 0 Å². The number of hydrogen-bond donors (Lipinski definition) is 0. The molecule has 1 heterocycles. The molecule has 17 heavy (non-hydrogen) atoms. The lowest BCUT2D eigenvalue weighted by atomic mass is 10.0. The van der Waals surface area contributed by atoms with E-state index in [0.717, 1.165) is 6.42 Å². The molecule has 0 N–H and O–H groups in total. The van der Waals surface area contributed by atoms with Crippen molar-refractivity contribution >= 4 is 11.8 Å². The van der Waals surface area contributed by atoms with Crippen LogP contribution >= 0.6 is 0 Å². The Balaban J connectivity index is 1.62. The molecule has 0 radical (unpaired) electrons. The van der Waals surface area contributed by atoms with Gasteiger partial charge in [-0.15, -0.1) is 0 Å². The molecular weight excluding hydrogens is 220 g/mol. The van der Waals surface area contributed by atoms with Gasteiger partial charge in [0.1, 0.15) is 0 Å². The van der Waals surface area contributed by atoms with Crippen molar-refractivity contribution in [2.75, 3.05) is 6.61 Å². The summed E-state index contributed by atoms with van der Waals surface area (Å²) in [6.45, 7) is 3.95. The SMILES string of the molecule is C=CC(=O)C1C=CC(OC23CC2COC3=O)C1. The number of rotatable bonds is 4. The van der Waals surface area contributed by atoms with Crippen LogP contribution in [-0.2, 0) is 19.1 Å². The Morgan fingerprint density at radius 1 is 1.59 bits per heavy atom. The lowest BCUT2D eigenvalue weighted by molar-refractivity contribution is -0.155. The lowest BCUT2D eigenvalue weighted by Crippen LogP contribution is -2.30. The smallest absolute Gasteiger partial charge is 0.338 e. The van der Waals surface area contributed by atoms with Gasteiger partial charge in [0.05, 0.1) is 12.7 Å². The summed E-state index contributed by atoms with van der Waals surface area (Å²) in [5, 5.41) is 0. The molecule has 0 aromatic carbocycles. The Morgan fingerprint density at radius 2 is 2.41 bits per heavy atom. The molecule has 4 atom stereocenters. The first-order valence-corrected chi connectivity index (χ1v) is 5.85. The summed E-state index contributed by atoms with van der Waals surface area (Å²) in [6.07, 6.45) is 6.24. The van der Waals surface area contributed by atoms with Crippen molar-refractivity contribution in [2.45, 2.75) is 24.5 Å². The molecule has 90 valence electrons. The highest BCUT2D eigenvalue weighted by Gasteiger charge is 2.68. The predicted octanol–water partition coefficient (Wildman–Crippen LogP) is 1.02. The van der Waals surface area contributed by atoms with Crippen molar-refractivity contribution in [3.05, 3.63) is 24.8 Å². The predicted molar refractivity (Wildman–Crippen MR) is 59.1 cm³/mol. The summed E-state index contributed by atoms with van der Waals surface area (Å²) in [5.74, 6) is -0.165. The first-order chi connectivity index (χ1) is 8.15. The largest absolute Gasteiger partial charge is 0.463 e. The lowest BCUT2D eigenvalue weighted by Gasteiger charge is -2.17. The van der Waals surface area contributed by atoms with Gasteiger partial charge in [-0.1, -0.05) is 18.7 Å². The molecule has 0 aromatic heterocycles. The molecule has 3 aliphatic rings. The fraction of sp³-hybridized carbons (Fsp3) is 0.538. The molecule has 0 spiro atoms. The van der Waals surface area contributed by atoms with Crippen LogP contribution in [0.3, 0.4) is 0 Å². The Labute approximate surface area is 99.3 Å². The van der Waals surface area contributed by atoms with Crippen molar-refractivity contribution in [3.8, 4) is 0 Å². The van der Waals surface area contributed by atoms with Gasteiger partial charge in [0.2, 0.25) is 0 Å². The highest BCUT2D eigenvalue weighted by Crippen LogP contribution is 2.53. The minimum absolute atomic E-state index is 0.00574. The number of esters is 1. The normalized spacial score (nSPS) is 42.1. The molecule has 2 fully saturated rings. The molecule has 0 bridgehead atoms. The van der Waals surface area contributed by atoms with Crippen molar-refractivity contribution in [3.63, 3.8) is 0 Å². The molecule has 4 unspecified atom stereocenters. The number of carbonyl (C=O) groups is 2. The monoisotopic (exact) mass is 234 g/mol. The van der Waals surface area contributed by atoms with E-state index in [2.05, 4.69) is 6.58 Å². The number of allylic oxidation sites excluding steroid dienone is 2. The summed E-state index contributed by atoms with van der Waals surface area (Å²) in [5.41, 5.74) is -0.693. The van der Waals surface area contributed by atoms with Gasteiger partial charge >= 0.3 is 5.97 Å². The van der Waals surface area contributed by atoms with Crippen molar-refractivity contribution < 1.29 is 19.1 Å². The Hall–Kier alpha value is -1.42. The Morgan fingerprint density at radius 3 is 3.00 bits per heavy atom. The minimum Gasteiger partial charge on any atom is -0.463 e. The van der Waals surface area contributed by atoms with Crippen LogP contribution in [-0.4, -0.2) is 30.1 Å². The van der Waals surface area contributed by atoms with Crippen LogP contribution in [0.1, 0.15) is 12.8 Å². The van der Waals surface area contributed by atoms with E-state index in [1.54, 1.807) is 0 Å². The summed E-state index contributed by atoms with van der Waals surface area (Å²) >= 11 is 0. The fourth-order valence-electron chi connectivity index (χ4n) is 2.63. The van der Waals surface area contributed by atoms with Crippen LogP contribution in [0.5, 0.6) is 0 Å². The molecule has 3 rings (SSSR count). The van der Waals surface area contributed by atoms with Crippen molar-refractivity contribution in [1.82, 2.24) is 0 Å². The third kappa shape index (κ3) is 1.55. The molecule has 4 nitrogen and oxygen atoms in total. The Kier molecular flexibility index (Phi) is 2.23. The third-order valence-corrected chi connectivity index (χ3v) is 3.78. The molecule has 2 aliphatic carbocycles. The zero-order valence-corrected chi connectivity index (χ0v) is 9.43. The first kappa shape index (κ1) is 10.7. The van der Waals surface area contributed by atoms with E-state index in [4.69, 9.17) is 9.47 Å². The molecule has 0 aromatic rings. The second-order valence-corrected chi connectivity index (χ2v) is 4.88. The highest BCUT2D eigenvalue weighted by atomic mass is 16.6. The van der Waals surface area contributed by atoms with Crippen molar-refractivity contribution in [2.24, 2.45) is 11.8 Å². The molecule has 4 heteroatoms. The van der Waals surface area contributed by atoms with Gasteiger partial charge in [-0.2, -0.15) is 0 Å². The number of carbonyl (C=O) groups excluding carboxylic acids is 2. The number of ketones is 1. The molecule has 1 saturated carbocycles. The van der Waals surface area contributed by atoms with Gasteiger partial charge < -0.3 is 9.47 Å². The van der Waals surface area contributed by atoms with E-state index in [0.29, 0.717) is 13.0 Å². The average Bonchev–Trinajstić information content (AvgIpc) is 2.67. The van der Waals surface area contributed by atoms with E-state index in [1.807, 2.05) is 12.2 Å². The van der Waals surface area contributed by atoms with Gasteiger partial charge in [-0.25, -0.2) is 4.79 Å². The fourth-order valence-corrected chi connectivity index (χ4v) is 2.63. The minimum atomic E-state index is -0.693. The van der Waals surface area contributed by atoms with Crippen LogP contribution in [0.15, 0.2) is 24.8 Å². The van der Waals surface area contributed by atoms with E-state index < -0.39 is 5.60 Å². The number of cyclic esters (lactones) is 1. The molecule has 0 amide bonds. The summed E-state index contributed by atoms with van der Waals surface area (Å²) in [4.78, 5) is 23.0. The second-order valence-electron chi connectivity index (χ2n) is 4.88. The zero-order chi connectivity index (χ0) is 12.0. The van der Waals surface area contributed by atoms with Gasteiger partial charge in [0, 0.05) is 11.8 Å². The quantitative estimate of drug-likeness (QED) is 0.414. The van der Waals surface area contributed by atoms with Gasteiger partial charge in [-0.05, 0) is 18.9 Å². The van der Waals surface area contributed by atoms with Crippen LogP contribution < -0.4 is 0 Å².